The number of aryl methyl sites for hydroxylation is 2. The molecule has 3 N–H and O–H groups in total. The molecule has 2 aromatic rings. The standard InChI is InChI=1S/C16H20N4O4S/c1-5-6-24-16(23)11-9(3)12(13(17)21)25-15(11)18-14(22)10-7-8(2)19-20(10)4/h7H,5-6H2,1-4H3,(H2,17,21)(H,18,22). The van der Waals surface area contributed by atoms with Crippen LogP contribution in [0.1, 0.15) is 55.1 Å². The van der Waals surface area contributed by atoms with Gasteiger partial charge in [0.25, 0.3) is 11.8 Å². The first kappa shape index (κ1) is 18.7. The third kappa shape index (κ3) is 3.87. The Bertz CT molecular complexity index is 838. The highest BCUT2D eigenvalue weighted by Crippen LogP contribution is 2.33. The van der Waals surface area contributed by atoms with Crippen molar-refractivity contribution in [3.8, 4) is 0 Å². The molecule has 2 aromatic heterocycles. The van der Waals surface area contributed by atoms with Crippen molar-refractivity contribution in [1.82, 2.24) is 9.78 Å². The summed E-state index contributed by atoms with van der Waals surface area (Å²) in [7, 11) is 1.65. The summed E-state index contributed by atoms with van der Waals surface area (Å²) in [5, 5.41) is 7.01. The van der Waals surface area contributed by atoms with Gasteiger partial charge >= 0.3 is 5.97 Å². The molecule has 8 nitrogen and oxygen atoms in total. The van der Waals surface area contributed by atoms with Crippen LogP contribution in [-0.2, 0) is 11.8 Å². The van der Waals surface area contributed by atoms with Crippen LogP contribution in [-0.4, -0.2) is 34.2 Å². The molecule has 0 unspecified atom stereocenters. The minimum atomic E-state index is -0.663. The average Bonchev–Trinajstić information content (AvgIpc) is 3.04. The molecule has 0 saturated heterocycles. The maximum atomic E-state index is 12.5. The number of carbonyl (C=O) groups excluding carboxylic acids is 3. The van der Waals surface area contributed by atoms with Gasteiger partial charge in [-0.2, -0.15) is 5.10 Å². The molecule has 0 aliphatic heterocycles. The summed E-state index contributed by atoms with van der Waals surface area (Å²) in [6, 6.07) is 1.62. The van der Waals surface area contributed by atoms with E-state index < -0.39 is 17.8 Å². The molecule has 25 heavy (non-hydrogen) atoms. The fourth-order valence-corrected chi connectivity index (χ4v) is 3.38. The zero-order valence-electron chi connectivity index (χ0n) is 14.5. The molecule has 134 valence electrons. The van der Waals surface area contributed by atoms with Crippen LogP contribution in [0.4, 0.5) is 5.00 Å². The first-order chi connectivity index (χ1) is 11.8. The second-order valence-electron chi connectivity index (χ2n) is 5.51. The molecule has 2 amide bonds. The Hall–Kier alpha value is -2.68. The number of hydrogen-bond donors (Lipinski definition) is 2. The smallest absolute Gasteiger partial charge is 0.341 e. The number of carbonyl (C=O) groups is 3. The number of hydrogen-bond acceptors (Lipinski definition) is 6. The molecule has 0 aliphatic carbocycles. The number of nitrogens with one attached hydrogen (secondary N) is 1. The maximum absolute atomic E-state index is 12.5. The van der Waals surface area contributed by atoms with Gasteiger partial charge in [0.15, 0.2) is 0 Å². The lowest BCUT2D eigenvalue weighted by molar-refractivity contribution is 0.0506. The molecule has 0 spiro atoms. The van der Waals surface area contributed by atoms with Crippen molar-refractivity contribution in [3.05, 3.63) is 33.5 Å². The fraction of sp³-hybridized carbons (Fsp3) is 0.375. The molecule has 0 aliphatic rings. The van der Waals surface area contributed by atoms with Gasteiger partial charge in [0, 0.05) is 7.05 Å². The summed E-state index contributed by atoms with van der Waals surface area (Å²) < 4.78 is 6.59. The van der Waals surface area contributed by atoms with E-state index in [9.17, 15) is 14.4 Å². The average molecular weight is 364 g/mol. The maximum Gasteiger partial charge on any atom is 0.341 e. The first-order valence-electron chi connectivity index (χ1n) is 7.68. The predicted octanol–water partition coefficient (Wildman–Crippen LogP) is 2.02. The van der Waals surface area contributed by atoms with Crippen molar-refractivity contribution < 1.29 is 19.1 Å². The second-order valence-corrected chi connectivity index (χ2v) is 6.53. The fourth-order valence-electron chi connectivity index (χ4n) is 2.34. The predicted molar refractivity (Wildman–Crippen MR) is 94.0 cm³/mol. The van der Waals surface area contributed by atoms with Crippen LogP contribution in [0.15, 0.2) is 6.07 Å². The van der Waals surface area contributed by atoms with Gasteiger partial charge in [-0.15, -0.1) is 11.3 Å². The number of esters is 1. The van der Waals surface area contributed by atoms with Crippen LogP contribution in [0.2, 0.25) is 0 Å². The van der Waals surface area contributed by atoms with E-state index in [1.165, 1.54) is 4.68 Å². The Labute approximate surface area is 149 Å². The molecule has 9 heteroatoms. The molecule has 0 saturated carbocycles. The molecular formula is C16H20N4O4S. The molecular weight excluding hydrogens is 344 g/mol. The third-order valence-corrected chi connectivity index (χ3v) is 4.70. The minimum Gasteiger partial charge on any atom is -0.462 e. The zero-order valence-corrected chi connectivity index (χ0v) is 15.3. The Kier molecular flexibility index (Phi) is 5.58. The molecule has 0 aromatic carbocycles. The second kappa shape index (κ2) is 7.47. The van der Waals surface area contributed by atoms with Crippen molar-refractivity contribution >= 4 is 34.1 Å². The molecule has 2 rings (SSSR count). The van der Waals surface area contributed by atoms with Gasteiger partial charge in [0.1, 0.15) is 10.7 Å². The number of anilines is 1. The van der Waals surface area contributed by atoms with Crippen LogP contribution >= 0.6 is 11.3 Å². The summed E-state index contributed by atoms with van der Waals surface area (Å²) >= 11 is 0.955. The Morgan fingerprint density at radius 1 is 1.36 bits per heavy atom. The number of nitrogens with two attached hydrogens (primary N) is 1. The zero-order chi connectivity index (χ0) is 18.7. The number of thiophene rings is 1. The van der Waals surface area contributed by atoms with Gasteiger partial charge in [-0.25, -0.2) is 4.79 Å². The first-order valence-corrected chi connectivity index (χ1v) is 8.50. The topological polar surface area (TPSA) is 116 Å². The van der Waals surface area contributed by atoms with Gasteiger partial charge in [-0.3, -0.25) is 14.3 Å². The van der Waals surface area contributed by atoms with Crippen molar-refractivity contribution in [2.45, 2.75) is 27.2 Å². The highest BCUT2D eigenvalue weighted by molar-refractivity contribution is 7.18. The molecule has 0 atom stereocenters. The quantitative estimate of drug-likeness (QED) is 0.761. The highest BCUT2D eigenvalue weighted by atomic mass is 32.1. The Balaban J connectivity index is 2.40. The van der Waals surface area contributed by atoms with Crippen LogP contribution in [0.25, 0.3) is 0 Å². The minimum absolute atomic E-state index is 0.152. The SMILES string of the molecule is CCCOC(=O)c1c(NC(=O)c2cc(C)nn2C)sc(C(N)=O)c1C. The van der Waals surface area contributed by atoms with E-state index in [1.54, 1.807) is 27.0 Å². The lowest BCUT2D eigenvalue weighted by atomic mass is 10.1. The molecule has 0 radical (unpaired) electrons. The lowest BCUT2D eigenvalue weighted by Gasteiger charge is -2.07. The van der Waals surface area contributed by atoms with E-state index in [0.29, 0.717) is 23.4 Å². The van der Waals surface area contributed by atoms with Crippen molar-refractivity contribution in [3.63, 3.8) is 0 Å². The summed E-state index contributed by atoms with van der Waals surface area (Å²) in [6.45, 7) is 5.48. The van der Waals surface area contributed by atoms with Crippen molar-refractivity contribution in [2.24, 2.45) is 12.8 Å². The molecule has 2 heterocycles. The lowest BCUT2D eigenvalue weighted by Crippen LogP contribution is -2.18. The van der Waals surface area contributed by atoms with Crippen molar-refractivity contribution in [1.29, 1.82) is 0 Å². The molecule has 0 bridgehead atoms. The summed E-state index contributed by atoms with van der Waals surface area (Å²) in [4.78, 5) is 36.6. The van der Waals surface area contributed by atoms with E-state index >= 15 is 0 Å². The number of primary amides is 1. The number of aromatic nitrogens is 2. The van der Waals surface area contributed by atoms with E-state index in [2.05, 4.69) is 10.4 Å². The van der Waals surface area contributed by atoms with Crippen LogP contribution in [0.5, 0.6) is 0 Å². The highest BCUT2D eigenvalue weighted by Gasteiger charge is 2.26. The largest absolute Gasteiger partial charge is 0.462 e. The summed E-state index contributed by atoms with van der Waals surface area (Å²) in [6.07, 6.45) is 0.660. The van der Waals surface area contributed by atoms with Crippen LogP contribution in [0.3, 0.4) is 0 Å². The van der Waals surface area contributed by atoms with E-state index in [0.717, 1.165) is 11.3 Å². The number of amides is 2. The van der Waals surface area contributed by atoms with E-state index in [-0.39, 0.29) is 22.0 Å². The van der Waals surface area contributed by atoms with Gasteiger partial charge in [-0.05, 0) is 31.9 Å². The Morgan fingerprint density at radius 2 is 2.04 bits per heavy atom. The number of ether oxygens (including phenoxy) is 1. The van der Waals surface area contributed by atoms with Crippen LogP contribution < -0.4 is 11.1 Å². The van der Waals surface area contributed by atoms with Crippen molar-refractivity contribution in [2.75, 3.05) is 11.9 Å². The van der Waals surface area contributed by atoms with Gasteiger partial charge in [-0.1, -0.05) is 6.92 Å². The normalized spacial score (nSPS) is 10.6. The monoisotopic (exact) mass is 364 g/mol. The molecule has 0 fully saturated rings. The third-order valence-electron chi connectivity index (χ3n) is 3.47. The van der Waals surface area contributed by atoms with E-state index in [4.69, 9.17) is 10.5 Å². The number of rotatable bonds is 6. The van der Waals surface area contributed by atoms with Crippen LogP contribution in [0, 0.1) is 13.8 Å². The van der Waals surface area contributed by atoms with Gasteiger partial charge < -0.3 is 15.8 Å². The van der Waals surface area contributed by atoms with Gasteiger partial charge in [0.2, 0.25) is 0 Å². The Morgan fingerprint density at radius 3 is 2.56 bits per heavy atom. The van der Waals surface area contributed by atoms with Gasteiger partial charge in [0.05, 0.1) is 22.7 Å². The summed E-state index contributed by atoms with van der Waals surface area (Å²) in [5.74, 6) is -1.70. The van der Waals surface area contributed by atoms with E-state index in [1.807, 2.05) is 6.92 Å². The number of nitrogens with zero attached hydrogens (tertiary/aromatic N) is 2. The summed E-state index contributed by atoms with van der Waals surface area (Å²) in [5.41, 5.74) is 6.93.